The fourth-order valence-electron chi connectivity index (χ4n) is 2.71. The molecule has 0 bridgehead atoms. The number of urea groups is 1. The maximum atomic E-state index is 12.2. The van der Waals surface area contributed by atoms with E-state index in [9.17, 15) is 14.4 Å². The Bertz CT molecular complexity index is 621. The zero-order valence-electron chi connectivity index (χ0n) is 14.1. The molecule has 1 aliphatic rings. The number of hydrogen-bond donors (Lipinski definition) is 3. The summed E-state index contributed by atoms with van der Waals surface area (Å²) in [5, 5.41) is 11.5. The van der Waals surface area contributed by atoms with Crippen molar-refractivity contribution in [1.82, 2.24) is 25.4 Å². The monoisotopic (exact) mass is 355 g/mol. The van der Waals surface area contributed by atoms with Crippen molar-refractivity contribution >= 4 is 23.7 Å². The number of thioether (sulfide) groups is 1. The second-order valence-electron chi connectivity index (χ2n) is 6.02. The van der Waals surface area contributed by atoms with E-state index in [1.54, 1.807) is 6.92 Å². The minimum atomic E-state index is -0.534. The van der Waals surface area contributed by atoms with Crippen molar-refractivity contribution in [2.75, 3.05) is 0 Å². The van der Waals surface area contributed by atoms with Crippen LogP contribution in [0.25, 0.3) is 0 Å². The SMILES string of the molecule is CCCn1c(S[C@@H](C)C(=O)NC(=O)NC2CCCCC2)n[nH]c1=O. The van der Waals surface area contributed by atoms with Crippen molar-refractivity contribution in [1.29, 1.82) is 0 Å². The minimum absolute atomic E-state index is 0.149. The highest BCUT2D eigenvalue weighted by atomic mass is 32.2. The Morgan fingerprint density at radius 3 is 2.75 bits per heavy atom. The van der Waals surface area contributed by atoms with Gasteiger partial charge >= 0.3 is 11.7 Å². The molecular weight excluding hydrogens is 330 g/mol. The number of amides is 3. The molecule has 0 aliphatic heterocycles. The van der Waals surface area contributed by atoms with Gasteiger partial charge in [0.15, 0.2) is 5.16 Å². The molecule has 0 spiro atoms. The van der Waals surface area contributed by atoms with Crippen molar-refractivity contribution in [3.63, 3.8) is 0 Å². The molecule has 0 unspecified atom stereocenters. The summed E-state index contributed by atoms with van der Waals surface area (Å²) in [6.07, 6.45) is 6.14. The van der Waals surface area contributed by atoms with Gasteiger partial charge in [-0.25, -0.2) is 14.7 Å². The number of rotatable bonds is 6. The highest BCUT2D eigenvalue weighted by molar-refractivity contribution is 8.00. The zero-order chi connectivity index (χ0) is 17.5. The molecule has 1 heterocycles. The number of H-pyrrole nitrogens is 1. The largest absolute Gasteiger partial charge is 0.343 e. The first-order chi connectivity index (χ1) is 11.5. The van der Waals surface area contributed by atoms with Crippen molar-refractivity contribution in [3.8, 4) is 0 Å². The first-order valence-corrected chi connectivity index (χ1v) is 9.32. The summed E-state index contributed by atoms with van der Waals surface area (Å²) in [5.41, 5.74) is -0.290. The predicted octanol–water partition coefficient (Wildman–Crippen LogP) is 1.62. The van der Waals surface area contributed by atoms with Crippen LogP contribution in [0.2, 0.25) is 0 Å². The van der Waals surface area contributed by atoms with Crippen LogP contribution in [0.3, 0.4) is 0 Å². The van der Waals surface area contributed by atoms with Gasteiger partial charge in [0.05, 0.1) is 5.25 Å². The first kappa shape index (κ1) is 18.6. The molecular formula is C15H25N5O3S. The lowest BCUT2D eigenvalue weighted by Crippen LogP contribution is -2.47. The summed E-state index contributed by atoms with van der Waals surface area (Å²) >= 11 is 1.16. The van der Waals surface area contributed by atoms with E-state index in [-0.39, 0.29) is 11.7 Å². The molecule has 2 rings (SSSR count). The van der Waals surface area contributed by atoms with Crippen LogP contribution in [-0.2, 0) is 11.3 Å². The number of carbonyl (C=O) groups excluding carboxylic acids is 2. The molecule has 0 aromatic carbocycles. The lowest BCUT2D eigenvalue weighted by molar-refractivity contribution is -0.119. The molecule has 1 saturated carbocycles. The van der Waals surface area contributed by atoms with Gasteiger partial charge in [-0.15, -0.1) is 5.10 Å². The Morgan fingerprint density at radius 1 is 1.38 bits per heavy atom. The summed E-state index contributed by atoms with van der Waals surface area (Å²) in [6.45, 7) is 4.18. The van der Waals surface area contributed by atoms with Crippen molar-refractivity contribution < 1.29 is 9.59 Å². The topological polar surface area (TPSA) is 109 Å². The molecule has 3 N–H and O–H groups in total. The molecule has 1 aliphatic carbocycles. The van der Waals surface area contributed by atoms with Crippen LogP contribution in [0.1, 0.15) is 52.4 Å². The van der Waals surface area contributed by atoms with Crippen LogP contribution in [0, 0.1) is 0 Å². The van der Waals surface area contributed by atoms with Gasteiger partial charge in [0.1, 0.15) is 0 Å². The van der Waals surface area contributed by atoms with Crippen LogP contribution in [-0.4, -0.2) is 38.0 Å². The Balaban J connectivity index is 1.85. The van der Waals surface area contributed by atoms with E-state index in [1.807, 2.05) is 6.92 Å². The van der Waals surface area contributed by atoms with Crippen molar-refractivity contribution in [3.05, 3.63) is 10.5 Å². The van der Waals surface area contributed by atoms with Gasteiger partial charge < -0.3 is 5.32 Å². The van der Waals surface area contributed by atoms with Crippen LogP contribution in [0.4, 0.5) is 4.79 Å². The molecule has 3 amide bonds. The van der Waals surface area contributed by atoms with E-state index in [4.69, 9.17) is 0 Å². The Hall–Kier alpha value is -1.77. The lowest BCUT2D eigenvalue weighted by atomic mass is 9.96. The Morgan fingerprint density at radius 2 is 2.08 bits per heavy atom. The maximum Gasteiger partial charge on any atom is 0.343 e. The van der Waals surface area contributed by atoms with E-state index in [1.165, 1.54) is 11.0 Å². The smallest absolute Gasteiger partial charge is 0.335 e. The number of hydrogen-bond acceptors (Lipinski definition) is 5. The number of carbonyl (C=O) groups is 2. The normalized spacial score (nSPS) is 16.6. The zero-order valence-corrected chi connectivity index (χ0v) is 14.9. The van der Waals surface area contributed by atoms with Crippen molar-refractivity contribution in [2.24, 2.45) is 0 Å². The van der Waals surface area contributed by atoms with Crippen molar-refractivity contribution in [2.45, 2.75) is 75.4 Å². The van der Waals surface area contributed by atoms with Gasteiger partial charge in [0.25, 0.3) is 0 Å². The number of nitrogens with one attached hydrogen (secondary N) is 3. The molecule has 0 saturated heterocycles. The van der Waals surface area contributed by atoms with Gasteiger partial charge in [-0.2, -0.15) is 0 Å². The van der Waals surface area contributed by atoms with E-state index < -0.39 is 17.2 Å². The summed E-state index contributed by atoms with van der Waals surface area (Å²) in [5.74, 6) is -0.396. The van der Waals surface area contributed by atoms with Gasteiger partial charge in [-0.1, -0.05) is 37.9 Å². The standard InChI is InChI=1S/C15H25N5O3S/c1-3-9-20-14(23)18-19-15(20)24-10(2)12(21)17-13(22)16-11-7-5-4-6-8-11/h10-11H,3-9H2,1-2H3,(H,18,23)(H2,16,17,21,22)/t10-/m0/s1. The quantitative estimate of drug-likeness (QED) is 0.672. The molecule has 1 aromatic heterocycles. The summed E-state index contributed by atoms with van der Waals surface area (Å²) in [4.78, 5) is 35.7. The lowest BCUT2D eigenvalue weighted by Gasteiger charge is -2.23. The highest BCUT2D eigenvalue weighted by Crippen LogP contribution is 2.20. The molecule has 24 heavy (non-hydrogen) atoms. The minimum Gasteiger partial charge on any atom is -0.335 e. The third-order valence-corrected chi connectivity index (χ3v) is 5.09. The fraction of sp³-hybridized carbons (Fsp3) is 0.733. The molecule has 1 aromatic rings. The Labute approximate surface area is 145 Å². The van der Waals surface area contributed by atoms with Crippen LogP contribution >= 0.6 is 11.8 Å². The fourth-order valence-corrected chi connectivity index (χ4v) is 3.59. The van der Waals surface area contributed by atoms with Crippen LogP contribution < -0.4 is 16.3 Å². The van der Waals surface area contributed by atoms with E-state index in [0.29, 0.717) is 11.7 Å². The highest BCUT2D eigenvalue weighted by Gasteiger charge is 2.22. The van der Waals surface area contributed by atoms with E-state index in [2.05, 4.69) is 20.8 Å². The summed E-state index contributed by atoms with van der Waals surface area (Å²) < 4.78 is 1.50. The first-order valence-electron chi connectivity index (χ1n) is 8.44. The second kappa shape index (κ2) is 8.91. The number of aromatic amines is 1. The molecule has 9 heteroatoms. The molecule has 8 nitrogen and oxygen atoms in total. The average molecular weight is 355 g/mol. The van der Waals surface area contributed by atoms with E-state index >= 15 is 0 Å². The molecule has 0 radical (unpaired) electrons. The van der Waals surface area contributed by atoms with Gasteiger partial charge in [-0.05, 0) is 26.2 Å². The van der Waals surface area contributed by atoms with Gasteiger partial charge in [-0.3, -0.25) is 14.7 Å². The molecule has 1 fully saturated rings. The number of imide groups is 1. The van der Waals surface area contributed by atoms with Gasteiger partial charge in [0, 0.05) is 12.6 Å². The maximum absolute atomic E-state index is 12.2. The van der Waals surface area contributed by atoms with E-state index in [0.717, 1.165) is 43.9 Å². The molecule has 1 atom stereocenters. The molecule has 134 valence electrons. The Kier molecular flexibility index (Phi) is 6.89. The van der Waals surface area contributed by atoms with Gasteiger partial charge in [0.2, 0.25) is 5.91 Å². The number of nitrogens with zero attached hydrogens (tertiary/aromatic N) is 2. The predicted molar refractivity (Wildman–Crippen MR) is 92.0 cm³/mol. The average Bonchev–Trinajstić information content (AvgIpc) is 2.89. The summed E-state index contributed by atoms with van der Waals surface area (Å²) in [6, 6.07) is -0.303. The third-order valence-electron chi connectivity index (χ3n) is 4.00. The second-order valence-corrected chi connectivity index (χ2v) is 7.33. The third kappa shape index (κ3) is 5.12. The summed E-state index contributed by atoms with van der Waals surface area (Å²) in [7, 11) is 0. The number of aromatic nitrogens is 3. The van der Waals surface area contributed by atoms with Crippen LogP contribution in [0.5, 0.6) is 0 Å². The van der Waals surface area contributed by atoms with Crippen LogP contribution in [0.15, 0.2) is 9.95 Å².